The largest absolute Gasteiger partial charge is 0.370 e. The van der Waals surface area contributed by atoms with Crippen molar-refractivity contribution in [3.05, 3.63) is 16.1 Å². The van der Waals surface area contributed by atoms with E-state index in [0.717, 1.165) is 44.1 Å². The highest BCUT2D eigenvalue weighted by atomic mass is 127. The zero-order valence-corrected chi connectivity index (χ0v) is 15.5. The molecule has 6 heteroatoms. The van der Waals surface area contributed by atoms with E-state index >= 15 is 0 Å². The topological polar surface area (TPSA) is 54.5 Å². The summed E-state index contributed by atoms with van der Waals surface area (Å²) in [6.07, 6.45) is 4.44. The number of thiazole rings is 1. The van der Waals surface area contributed by atoms with Gasteiger partial charge in [0, 0.05) is 31.4 Å². The summed E-state index contributed by atoms with van der Waals surface area (Å²) in [5.74, 6) is 1.44. The smallest absolute Gasteiger partial charge is 0.191 e. The minimum Gasteiger partial charge on any atom is -0.370 e. The molecule has 2 rings (SSSR count). The molecule has 1 atom stereocenters. The summed E-state index contributed by atoms with van der Waals surface area (Å²) in [6.45, 7) is 7.25. The Kier molecular flexibility index (Phi) is 7.79. The maximum atomic E-state index is 6.06. The van der Waals surface area contributed by atoms with Crippen LogP contribution < -0.4 is 5.73 Å². The Hall–Kier alpha value is -0.370. The molecule has 0 aromatic carbocycles. The van der Waals surface area contributed by atoms with Crippen molar-refractivity contribution in [3.8, 4) is 0 Å². The molecule has 1 unspecified atom stereocenters. The van der Waals surface area contributed by atoms with Gasteiger partial charge in [0.1, 0.15) is 0 Å². The molecule has 0 aliphatic carbocycles. The summed E-state index contributed by atoms with van der Waals surface area (Å²) in [5, 5.41) is 3.34. The summed E-state index contributed by atoms with van der Waals surface area (Å²) in [5.41, 5.74) is 7.21. The van der Waals surface area contributed by atoms with Crippen molar-refractivity contribution in [2.45, 2.75) is 39.5 Å². The highest BCUT2D eigenvalue weighted by Gasteiger charge is 2.17. The Morgan fingerprint density at radius 1 is 1.60 bits per heavy atom. The molecule has 2 heterocycles. The molecule has 2 N–H and O–H groups in total. The molecule has 1 aromatic rings. The van der Waals surface area contributed by atoms with Crippen LogP contribution in [-0.4, -0.2) is 35.5 Å². The van der Waals surface area contributed by atoms with Crippen molar-refractivity contribution in [1.82, 2.24) is 9.88 Å². The minimum atomic E-state index is 0. The Labute approximate surface area is 142 Å². The van der Waals surface area contributed by atoms with Crippen LogP contribution in [0.4, 0.5) is 0 Å². The maximum absolute atomic E-state index is 6.06. The standard InChI is InChI=1S/C14H24N4S.HI/c1-3-13-17-12(10-19-13)6-7-16-14(15)18-8-4-5-11(2)9-18;/h10-11H,3-9H2,1-2H3,(H2,15,16);1H. The average Bonchev–Trinajstić information content (AvgIpc) is 2.86. The molecule has 114 valence electrons. The monoisotopic (exact) mass is 408 g/mol. The first-order chi connectivity index (χ1) is 9.19. The zero-order chi connectivity index (χ0) is 13.7. The summed E-state index contributed by atoms with van der Waals surface area (Å²) < 4.78 is 0. The summed E-state index contributed by atoms with van der Waals surface area (Å²) in [4.78, 5) is 11.3. The summed E-state index contributed by atoms with van der Waals surface area (Å²) in [7, 11) is 0. The van der Waals surface area contributed by atoms with Gasteiger partial charge in [0.2, 0.25) is 0 Å². The predicted molar refractivity (Wildman–Crippen MR) is 97.1 cm³/mol. The molecule has 20 heavy (non-hydrogen) atoms. The van der Waals surface area contributed by atoms with Gasteiger partial charge in [0.05, 0.1) is 10.7 Å². The van der Waals surface area contributed by atoms with Crippen molar-refractivity contribution in [2.24, 2.45) is 16.6 Å². The number of aryl methyl sites for hydroxylation is 1. The van der Waals surface area contributed by atoms with E-state index in [9.17, 15) is 0 Å². The number of hydrogen-bond acceptors (Lipinski definition) is 3. The van der Waals surface area contributed by atoms with Crippen LogP contribution in [0.2, 0.25) is 0 Å². The molecule has 0 spiro atoms. The molecule has 1 aromatic heterocycles. The second-order valence-corrected chi connectivity index (χ2v) is 6.21. The molecule has 1 aliphatic heterocycles. The van der Waals surface area contributed by atoms with Crippen molar-refractivity contribution in [3.63, 3.8) is 0 Å². The van der Waals surface area contributed by atoms with Crippen molar-refractivity contribution in [2.75, 3.05) is 19.6 Å². The number of hydrogen-bond donors (Lipinski definition) is 1. The van der Waals surface area contributed by atoms with Gasteiger partial charge in [-0.15, -0.1) is 35.3 Å². The second kappa shape index (κ2) is 8.81. The number of halogens is 1. The van der Waals surface area contributed by atoms with Gasteiger partial charge >= 0.3 is 0 Å². The first-order valence-electron chi connectivity index (χ1n) is 7.17. The van der Waals surface area contributed by atoms with Crippen LogP contribution in [0, 0.1) is 5.92 Å². The third-order valence-electron chi connectivity index (χ3n) is 3.52. The number of piperidine rings is 1. The number of aliphatic imine (C=N–C) groups is 1. The lowest BCUT2D eigenvalue weighted by Gasteiger charge is -2.31. The maximum Gasteiger partial charge on any atom is 0.191 e. The molecule has 1 saturated heterocycles. The van der Waals surface area contributed by atoms with Crippen LogP contribution in [0.5, 0.6) is 0 Å². The molecule has 0 saturated carbocycles. The number of guanidine groups is 1. The fraction of sp³-hybridized carbons (Fsp3) is 0.714. The van der Waals surface area contributed by atoms with Gasteiger partial charge in [0.25, 0.3) is 0 Å². The van der Waals surface area contributed by atoms with Gasteiger partial charge in [-0.2, -0.15) is 0 Å². The van der Waals surface area contributed by atoms with Gasteiger partial charge in [-0.25, -0.2) is 4.98 Å². The van der Waals surface area contributed by atoms with E-state index in [1.165, 1.54) is 17.8 Å². The highest BCUT2D eigenvalue weighted by Crippen LogP contribution is 2.15. The Morgan fingerprint density at radius 3 is 3.05 bits per heavy atom. The Balaban J connectivity index is 0.00000200. The van der Waals surface area contributed by atoms with Crippen molar-refractivity contribution < 1.29 is 0 Å². The molecule has 1 aliphatic rings. The average molecular weight is 408 g/mol. The van der Waals surface area contributed by atoms with Crippen LogP contribution in [0.15, 0.2) is 10.4 Å². The van der Waals surface area contributed by atoms with E-state index < -0.39 is 0 Å². The van der Waals surface area contributed by atoms with Crippen LogP contribution in [0.3, 0.4) is 0 Å². The van der Waals surface area contributed by atoms with Crippen LogP contribution in [0.1, 0.15) is 37.4 Å². The Morgan fingerprint density at radius 2 is 2.40 bits per heavy atom. The van der Waals surface area contributed by atoms with Gasteiger partial charge in [-0.05, 0) is 25.2 Å². The van der Waals surface area contributed by atoms with E-state index in [0.29, 0.717) is 5.96 Å². The van der Waals surface area contributed by atoms with Crippen molar-refractivity contribution in [1.29, 1.82) is 0 Å². The molecule has 1 fully saturated rings. The van der Waals surface area contributed by atoms with Gasteiger partial charge in [-0.1, -0.05) is 13.8 Å². The third kappa shape index (κ3) is 5.20. The summed E-state index contributed by atoms with van der Waals surface area (Å²) in [6, 6.07) is 0. The van der Waals surface area contributed by atoms with Gasteiger partial charge < -0.3 is 10.6 Å². The quantitative estimate of drug-likeness (QED) is 0.474. The van der Waals surface area contributed by atoms with Gasteiger partial charge in [-0.3, -0.25) is 4.99 Å². The normalized spacial score (nSPS) is 19.8. The number of nitrogens with two attached hydrogens (primary N) is 1. The fourth-order valence-corrected chi connectivity index (χ4v) is 3.19. The second-order valence-electron chi connectivity index (χ2n) is 5.27. The number of nitrogens with zero attached hydrogens (tertiary/aromatic N) is 3. The lowest BCUT2D eigenvalue weighted by atomic mass is 10.0. The number of likely N-dealkylation sites (tertiary alicyclic amines) is 1. The fourth-order valence-electron chi connectivity index (χ4n) is 2.41. The number of aromatic nitrogens is 1. The van der Waals surface area contributed by atoms with Crippen LogP contribution in [-0.2, 0) is 12.8 Å². The molecular formula is C14H25IN4S. The van der Waals surface area contributed by atoms with E-state index in [2.05, 4.69) is 34.1 Å². The molecular weight excluding hydrogens is 383 g/mol. The molecule has 0 amide bonds. The zero-order valence-electron chi connectivity index (χ0n) is 12.3. The minimum absolute atomic E-state index is 0. The first-order valence-corrected chi connectivity index (χ1v) is 8.05. The molecule has 4 nitrogen and oxygen atoms in total. The van der Waals surface area contributed by atoms with Crippen LogP contribution in [0.25, 0.3) is 0 Å². The van der Waals surface area contributed by atoms with Gasteiger partial charge in [0.15, 0.2) is 5.96 Å². The lowest BCUT2D eigenvalue weighted by Crippen LogP contribution is -2.43. The van der Waals surface area contributed by atoms with E-state index in [1.807, 2.05) is 0 Å². The third-order valence-corrected chi connectivity index (χ3v) is 4.57. The Bertz CT molecular complexity index is 433. The van der Waals surface area contributed by atoms with Crippen LogP contribution >= 0.6 is 35.3 Å². The predicted octanol–water partition coefficient (Wildman–Crippen LogP) is 2.91. The molecule has 0 radical (unpaired) electrons. The number of rotatable bonds is 4. The highest BCUT2D eigenvalue weighted by molar-refractivity contribution is 14.0. The van der Waals surface area contributed by atoms with Crippen molar-refractivity contribution >= 4 is 41.3 Å². The SMILES string of the molecule is CCc1nc(CCN=C(N)N2CCCC(C)C2)cs1.I. The van der Waals surface area contributed by atoms with E-state index in [1.54, 1.807) is 11.3 Å². The first kappa shape index (κ1) is 17.7. The van der Waals surface area contributed by atoms with E-state index in [-0.39, 0.29) is 24.0 Å². The lowest BCUT2D eigenvalue weighted by molar-refractivity contribution is 0.270. The van der Waals surface area contributed by atoms with E-state index in [4.69, 9.17) is 5.73 Å². The summed E-state index contributed by atoms with van der Waals surface area (Å²) >= 11 is 1.74. The molecule has 0 bridgehead atoms.